The van der Waals surface area contributed by atoms with Crippen molar-refractivity contribution in [2.75, 3.05) is 32.4 Å². The highest BCUT2D eigenvalue weighted by molar-refractivity contribution is 14.0. The minimum atomic E-state index is -3.01. The molecule has 1 fully saturated rings. The van der Waals surface area contributed by atoms with Gasteiger partial charge >= 0.3 is 0 Å². The van der Waals surface area contributed by atoms with E-state index < -0.39 is 10.0 Å². The van der Waals surface area contributed by atoms with E-state index in [1.165, 1.54) is 9.87 Å². The van der Waals surface area contributed by atoms with Crippen LogP contribution in [0.15, 0.2) is 35.3 Å². The van der Waals surface area contributed by atoms with Crippen LogP contribution >= 0.6 is 24.0 Å². The monoisotopic (exact) mass is 438 g/mol. The molecule has 0 spiro atoms. The van der Waals surface area contributed by atoms with Gasteiger partial charge in [-0.05, 0) is 12.0 Å². The van der Waals surface area contributed by atoms with Crippen LogP contribution in [0, 0.1) is 0 Å². The maximum atomic E-state index is 11.7. The smallest absolute Gasteiger partial charge is 0.214 e. The van der Waals surface area contributed by atoms with Gasteiger partial charge in [-0.3, -0.25) is 4.99 Å². The van der Waals surface area contributed by atoms with Crippen molar-refractivity contribution >= 4 is 40.0 Å². The molecule has 2 N–H and O–H groups in total. The third-order valence-corrected chi connectivity index (χ3v) is 5.34. The largest absolute Gasteiger partial charge is 0.355 e. The Morgan fingerprint density at radius 3 is 2.59 bits per heavy atom. The highest BCUT2D eigenvalue weighted by Crippen LogP contribution is 2.11. The predicted molar refractivity (Wildman–Crippen MR) is 100 cm³/mol. The van der Waals surface area contributed by atoms with E-state index in [9.17, 15) is 8.42 Å². The minimum absolute atomic E-state index is 0. The third kappa shape index (κ3) is 5.73. The molecule has 1 saturated heterocycles. The summed E-state index contributed by atoms with van der Waals surface area (Å²) >= 11 is 0. The van der Waals surface area contributed by atoms with E-state index in [0.717, 1.165) is 6.42 Å². The first-order valence-corrected chi connectivity index (χ1v) is 8.69. The van der Waals surface area contributed by atoms with Crippen molar-refractivity contribution in [3.05, 3.63) is 35.9 Å². The molecule has 1 heterocycles. The standard InChI is InChI=1S/C14H22N4O2S.HI/c1-15-14(17-12-13-6-3-2-4-7-13)16-8-10-18-9-5-11-21(18,19)20;/h2-4,6-7H,5,8-12H2,1H3,(H2,15,16,17);1H. The molecule has 2 rings (SSSR count). The molecule has 0 atom stereocenters. The summed E-state index contributed by atoms with van der Waals surface area (Å²) in [6.45, 7) is 2.34. The van der Waals surface area contributed by atoms with Gasteiger partial charge in [-0.15, -0.1) is 24.0 Å². The molecule has 0 amide bonds. The molecule has 1 aliphatic heterocycles. The summed E-state index contributed by atoms with van der Waals surface area (Å²) in [5.74, 6) is 0.948. The second-order valence-electron chi connectivity index (χ2n) is 4.91. The van der Waals surface area contributed by atoms with Crippen LogP contribution in [-0.4, -0.2) is 51.1 Å². The van der Waals surface area contributed by atoms with Gasteiger partial charge in [0.1, 0.15) is 0 Å². The number of aliphatic imine (C=N–C) groups is 1. The Hall–Kier alpha value is -0.870. The first kappa shape index (κ1) is 19.2. The van der Waals surface area contributed by atoms with Crippen molar-refractivity contribution in [3.63, 3.8) is 0 Å². The van der Waals surface area contributed by atoms with Gasteiger partial charge in [0.05, 0.1) is 5.75 Å². The Kier molecular flexibility index (Phi) is 8.12. The molecule has 22 heavy (non-hydrogen) atoms. The van der Waals surface area contributed by atoms with Gasteiger partial charge in [0.25, 0.3) is 0 Å². The van der Waals surface area contributed by atoms with Crippen molar-refractivity contribution in [1.29, 1.82) is 0 Å². The van der Waals surface area contributed by atoms with Crippen molar-refractivity contribution < 1.29 is 8.42 Å². The fraction of sp³-hybridized carbons (Fsp3) is 0.500. The van der Waals surface area contributed by atoms with Crippen molar-refractivity contribution in [2.45, 2.75) is 13.0 Å². The quantitative estimate of drug-likeness (QED) is 0.409. The van der Waals surface area contributed by atoms with Crippen LogP contribution in [0.5, 0.6) is 0 Å². The van der Waals surface area contributed by atoms with E-state index in [2.05, 4.69) is 15.6 Å². The first-order valence-electron chi connectivity index (χ1n) is 7.08. The van der Waals surface area contributed by atoms with Crippen molar-refractivity contribution in [3.8, 4) is 0 Å². The van der Waals surface area contributed by atoms with Crippen LogP contribution < -0.4 is 10.6 Å². The van der Waals surface area contributed by atoms with Gasteiger partial charge in [0.15, 0.2) is 5.96 Å². The van der Waals surface area contributed by atoms with Gasteiger partial charge in [0.2, 0.25) is 10.0 Å². The number of halogens is 1. The molecule has 0 radical (unpaired) electrons. The summed E-state index contributed by atoms with van der Waals surface area (Å²) in [6.07, 6.45) is 0.726. The zero-order valence-corrected chi connectivity index (χ0v) is 15.8. The van der Waals surface area contributed by atoms with Crippen LogP contribution in [0.1, 0.15) is 12.0 Å². The molecule has 1 aliphatic rings. The molecule has 0 aromatic heterocycles. The van der Waals surface area contributed by atoms with Gasteiger partial charge in [0, 0.05) is 33.2 Å². The lowest BCUT2D eigenvalue weighted by atomic mass is 10.2. The fourth-order valence-corrected chi connectivity index (χ4v) is 3.77. The molecule has 124 valence electrons. The Morgan fingerprint density at radius 1 is 1.27 bits per heavy atom. The molecular weight excluding hydrogens is 415 g/mol. The summed E-state index contributed by atoms with van der Waals surface area (Å²) in [5.41, 5.74) is 1.17. The molecule has 0 bridgehead atoms. The van der Waals surface area contributed by atoms with Gasteiger partial charge in [-0.25, -0.2) is 12.7 Å². The molecule has 1 aromatic carbocycles. The number of hydrogen-bond donors (Lipinski definition) is 2. The lowest BCUT2D eigenvalue weighted by molar-refractivity contribution is 0.445. The highest BCUT2D eigenvalue weighted by atomic mass is 127. The number of nitrogens with one attached hydrogen (secondary N) is 2. The molecular formula is C14H23IN4O2S. The Morgan fingerprint density at radius 2 is 2.00 bits per heavy atom. The molecule has 6 nitrogen and oxygen atoms in total. The second kappa shape index (κ2) is 9.31. The predicted octanol–water partition coefficient (Wildman–Crippen LogP) is 1.01. The number of rotatable bonds is 5. The average Bonchev–Trinajstić information content (AvgIpc) is 2.82. The number of nitrogens with zero attached hydrogens (tertiary/aromatic N) is 2. The number of hydrogen-bond acceptors (Lipinski definition) is 3. The van der Waals surface area contributed by atoms with E-state index in [4.69, 9.17) is 0 Å². The van der Waals surface area contributed by atoms with Crippen LogP contribution in [0.4, 0.5) is 0 Å². The lowest BCUT2D eigenvalue weighted by Crippen LogP contribution is -2.41. The van der Waals surface area contributed by atoms with Crippen molar-refractivity contribution in [2.24, 2.45) is 4.99 Å². The fourth-order valence-electron chi connectivity index (χ4n) is 2.24. The summed E-state index contributed by atoms with van der Waals surface area (Å²) in [5, 5.41) is 6.34. The van der Waals surface area contributed by atoms with Crippen LogP contribution in [0.3, 0.4) is 0 Å². The van der Waals surface area contributed by atoms with E-state index in [0.29, 0.717) is 32.1 Å². The summed E-state index contributed by atoms with van der Waals surface area (Å²) in [6, 6.07) is 10.0. The Labute approximate surface area is 149 Å². The SMILES string of the molecule is CN=C(NCCN1CCCS1(=O)=O)NCc1ccccc1.I. The van der Waals surface area contributed by atoms with Crippen LogP contribution in [0.25, 0.3) is 0 Å². The Bertz CT molecular complexity index is 578. The van der Waals surface area contributed by atoms with Crippen LogP contribution in [-0.2, 0) is 16.6 Å². The maximum Gasteiger partial charge on any atom is 0.214 e. The second-order valence-corrected chi connectivity index (χ2v) is 7.00. The zero-order valence-electron chi connectivity index (χ0n) is 12.7. The van der Waals surface area contributed by atoms with E-state index in [1.807, 2.05) is 30.3 Å². The number of benzene rings is 1. The van der Waals surface area contributed by atoms with Gasteiger partial charge in [-0.2, -0.15) is 0 Å². The third-order valence-electron chi connectivity index (χ3n) is 3.38. The topological polar surface area (TPSA) is 73.8 Å². The van der Waals surface area contributed by atoms with E-state index in [1.54, 1.807) is 7.05 Å². The normalized spacial score (nSPS) is 17.8. The molecule has 1 aromatic rings. The highest BCUT2D eigenvalue weighted by Gasteiger charge is 2.27. The minimum Gasteiger partial charge on any atom is -0.355 e. The van der Waals surface area contributed by atoms with E-state index in [-0.39, 0.29) is 29.7 Å². The number of guanidine groups is 1. The molecule has 0 saturated carbocycles. The lowest BCUT2D eigenvalue weighted by Gasteiger charge is -2.16. The van der Waals surface area contributed by atoms with E-state index >= 15 is 0 Å². The van der Waals surface area contributed by atoms with Crippen molar-refractivity contribution in [1.82, 2.24) is 14.9 Å². The number of sulfonamides is 1. The Balaban J connectivity index is 0.00000242. The summed E-state index contributed by atoms with van der Waals surface area (Å²) in [7, 11) is -1.31. The van der Waals surface area contributed by atoms with Crippen LogP contribution in [0.2, 0.25) is 0 Å². The summed E-state index contributed by atoms with van der Waals surface area (Å²) in [4.78, 5) is 4.13. The molecule has 8 heteroatoms. The molecule has 0 unspecified atom stereocenters. The molecule has 0 aliphatic carbocycles. The van der Waals surface area contributed by atoms with Gasteiger partial charge in [-0.1, -0.05) is 30.3 Å². The summed E-state index contributed by atoms with van der Waals surface area (Å²) < 4.78 is 24.9. The van der Waals surface area contributed by atoms with Gasteiger partial charge < -0.3 is 10.6 Å². The zero-order chi connectivity index (χ0) is 15.1. The maximum absolute atomic E-state index is 11.7. The first-order chi connectivity index (χ1) is 10.1. The average molecular weight is 438 g/mol.